The Balaban J connectivity index is 2.14. The number of hydrogen-bond acceptors (Lipinski definition) is 6. The normalized spacial score (nSPS) is 15.8. The van der Waals surface area contributed by atoms with E-state index in [1.807, 2.05) is 0 Å². The van der Waals surface area contributed by atoms with Crippen LogP contribution in [0.4, 0.5) is 5.69 Å². The van der Waals surface area contributed by atoms with Crippen molar-refractivity contribution in [3.63, 3.8) is 0 Å². The first-order valence-corrected chi connectivity index (χ1v) is 5.92. The molecular formula is C14H10N2O5. The second-order valence-electron chi connectivity index (χ2n) is 4.23. The molecule has 0 saturated heterocycles. The molecule has 0 spiro atoms. The number of carbonyl (C=O) groups excluding carboxylic acids is 2. The lowest BCUT2D eigenvalue weighted by molar-refractivity contribution is -0.384. The molecule has 0 atom stereocenters. The molecule has 0 unspecified atom stereocenters. The third kappa shape index (κ3) is 3.47. The zero-order valence-corrected chi connectivity index (χ0v) is 11.0. The Morgan fingerprint density at radius 1 is 1.33 bits per heavy atom. The van der Waals surface area contributed by atoms with Crippen LogP contribution in [0.15, 0.2) is 53.2 Å². The van der Waals surface area contributed by atoms with Gasteiger partial charge in [-0.3, -0.25) is 14.9 Å². The van der Waals surface area contributed by atoms with Crippen molar-refractivity contribution in [3.8, 4) is 0 Å². The topological polar surface area (TPSA) is 98.9 Å². The highest BCUT2D eigenvalue weighted by Crippen LogP contribution is 2.14. The van der Waals surface area contributed by atoms with Crippen molar-refractivity contribution >= 4 is 23.2 Å². The molecule has 7 heteroatoms. The Hall–Kier alpha value is -3.09. The van der Waals surface area contributed by atoms with Crippen LogP contribution in [0.1, 0.15) is 17.3 Å². The lowest BCUT2D eigenvalue weighted by atomic mass is 10.1. The Kier molecular flexibility index (Phi) is 4.03. The zero-order chi connectivity index (χ0) is 15.4. The van der Waals surface area contributed by atoms with Crippen molar-refractivity contribution in [2.45, 2.75) is 6.92 Å². The number of allylic oxidation sites excluding steroid dienone is 4. The van der Waals surface area contributed by atoms with Crippen LogP contribution in [0.3, 0.4) is 0 Å². The molecule has 1 aromatic carbocycles. The first kappa shape index (κ1) is 14.3. The van der Waals surface area contributed by atoms with Crippen LogP contribution in [-0.2, 0) is 9.63 Å². The minimum absolute atomic E-state index is 0.0195. The Morgan fingerprint density at radius 2 is 2.10 bits per heavy atom. The van der Waals surface area contributed by atoms with Crippen LogP contribution in [0.5, 0.6) is 0 Å². The quantitative estimate of drug-likeness (QED) is 0.367. The van der Waals surface area contributed by atoms with E-state index in [1.165, 1.54) is 36.4 Å². The fraction of sp³-hybridized carbons (Fsp3) is 0.0714. The predicted octanol–water partition coefficient (Wildman–Crippen LogP) is 2.19. The number of nitrogens with zero attached hydrogens (tertiary/aromatic N) is 2. The molecule has 21 heavy (non-hydrogen) atoms. The van der Waals surface area contributed by atoms with Crippen LogP contribution in [0.2, 0.25) is 0 Å². The molecule has 2 rings (SSSR count). The van der Waals surface area contributed by atoms with Gasteiger partial charge < -0.3 is 4.84 Å². The Morgan fingerprint density at radius 3 is 2.76 bits per heavy atom. The summed E-state index contributed by atoms with van der Waals surface area (Å²) in [5.41, 5.74) is 0.713. The van der Waals surface area contributed by atoms with Gasteiger partial charge in [-0.25, -0.2) is 4.79 Å². The van der Waals surface area contributed by atoms with Crippen molar-refractivity contribution in [3.05, 3.63) is 63.7 Å². The van der Waals surface area contributed by atoms with Crippen LogP contribution in [0.25, 0.3) is 0 Å². The molecule has 0 radical (unpaired) electrons. The number of benzene rings is 1. The van der Waals surface area contributed by atoms with E-state index in [2.05, 4.69) is 5.16 Å². The fourth-order valence-corrected chi connectivity index (χ4v) is 1.62. The number of non-ortho nitro benzene ring substituents is 1. The summed E-state index contributed by atoms with van der Waals surface area (Å²) in [6.07, 6.45) is 4.09. The average Bonchev–Trinajstić information content (AvgIpc) is 2.46. The lowest BCUT2D eigenvalue weighted by Crippen LogP contribution is -2.08. The van der Waals surface area contributed by atoms with Gasteiger partial charge in [-0.1, -0.05) is 11.2 Å². The van der Waals surface area contributed by atoms with Gasteiger partial charge in [-0.15, -0.1) is 0 Å². The summed E-state index contributed by atoms with van der Waals surface area (Å²) in [6, 6.07) is 5.14. The van der Waals surface area contributed by atoms with Crippen LogP contribution in [-0.4, -0.2) is 22.4 Å². The van der Waals surface area contributed by atoms with E-state index in [9.17, 15) is 19.7 Å². The van der Waals surface area contributed by atoms with E-state index >= 15 is 0 Å². The van der Waals surface area contributed by atoms with Gasteiger partial charge in [0.2, 0.25) is 0 Å². The minimum Gasteiger partial charge on any atom is -0.312 e. The SMILES string of the molecule is CC1=CC(=O)C=C/C1=N/OC(=O)c1cccc([N+](=O)[O-])c1. The van der Waals surface area contributed by atoms with Crippen molar-refractivity contribution < 1.29 is 19.3 Å². The molecule has 7 nitrogen and oxygen atoms in total. The predicted molar refractivity (Wildman–Crippen MR) is 73.9 cm³/mol. The number of oxime groups is 1. The van der Waals surface area contributed by atoms with Crippen LogP contribution in [0, 0.1) is 10.1 Å². The van der Waals surface area contributed by atoms with Gasteiger partial charge in [0.05, 0.1) is 10.5 Å². The molecule has 0 amide bonds. The molecule has 0 N–H and O–H groups in total. The second-order valence-corrected chi connectivity index (χ2v) is 4.23. The third-order valence-corrected chi connectivity index (χ3v) is 2.69. The smallest absolute Gasteiger partial charge is 0.312 e. The number of carbonyl (C=O) groups is 2. The Labute approximate surface area is 119 Å². The molecule has 0 heterocycles. The van der Waals surface area contributed by atoms with E-state index in [-0.39, 0.29) is 17.0 Å². The molecule has 0 aromatic heterocycles. The van der Waals surface area contributed by atoms with Crippen LogP contribution < -0.4 is 0 Å². The van der Waals surface area contributed by atoms with Gasteiger partial charge >= 0.3 is 5.97 Å². The standard InChI is InChI=1S/C14H10N2O5/c1-9-7-12(17)5-6-13(9)15-21-14(18)10-3-2-4-11(8-10)16(19)20/h2-8H,1H3/b15-13-. The molecule has 0 saturated carbocycles. The monoisotopic (exact) mass is 286 g/mol. The first-order chi connectivity index (χ1) is 9.97. The van der Waals surface area contributed by atoms with Gasteiger partial charge in [-0.2, -0.15) is 0 Å². The van der Waals surface area contributed by atoms with Gasteiger partial charge in [0.25, 0.3) is 5.69 Å². The van der Waals surface area contributed by atoms with Crippen LogP contribution >= 0.6 is 0 Å². The second kappa shape index (κ2) is 5.91. The number of nitro groups is 1. The molecule has 106 valence electrons. The van der Waals surface area contributed by atoms with E-state index < -0.39 is 10.9 Å². The van der Waals surface area contributed by atoms with Gasteiger partial charge in [0.1, 0.15) is 5.71 Å². The molecule has 0 bridgehead atoms. The summed E-state index contributed by atoms with van der Waals surface area (Å²) in [7, 11) is 0. The highest BCUT2D eigenvalue weighted by Gasteiger charge is 2.14. The summed E-state index contributed by atoms with van der Waals surface area (Å²) in [5.74, 6) is -0.985. The molecule has 1 aromatic rings. The number of rotatable bonds is 3. The van der Waals surface area contributed by atoms with Crippen molar-refractivity contribution in [2.24, 2.45) is 5.16 Å². The maximum atomic E-state index is 11.8. The van der Waals surface area contributed by atoms with E-state index in [1.54, 1.807) is 6.92 Å². The van der Waals surface area contributed by atoms with E-state index in [4.69, 9.17) is 4.84 Å². The first-order valence-electron chi connectivity index (χ1n) is 5.92. The lowest BCUT2D eigenvalue weighted by Gasteiger charge is -2.05. The van der Waals surface area contributed by atoms with Gasteiger partial charge in [-0.05, 0) is 36.8 Å². The molecule has 1 aliphatic carbocycles. The van der Waals surface area contributed by atoms with Crippen molar-refractivity contribution in [1.29, 1.82) is 0 Å². The van der Waals surface area contributed by atoms with Gasteiger partial charge in [0, 0.05) is 12.1 Å². The third-order valence-electron chi connectivity index (χ3n) is 2.69. The largest absolute Gasteiger partial charge is 0.366 e. The minimum atomic E-state index is -0.815. The molecular weight excluding hydrogens is 276 g/mol. The Bertz CT molecular complexity index is 716. The fourth-order valence-electron chi connectivity index (χ4n) is 1.62. The van der Waals surface area contributed by atoms with Crippen molar-refractivity contribution in [1.82, 2.24) is 0 Å². The molecule has 0 aliphatic heterocycles. The number of ketones is 1. The number of hydrogen-bond donors (Lipinski definition) is 0. The van der Waals surface area contributed by atoms with Crippen molar-refractivity contribution in [2.75, 3.05) is 0 Å². The molecule has 1 aliphatic rings. The molecule has 0 fully saturated rings. The highest BCUT2D eigenvalue weighted by atomic mass is 16.7. The van der Waals surface area contributed by atoms with Gasteiger partial charge in [0.15, 0.2) is 5.78 Å². The summed E-state index contributed by atoms with van der Waals surface area (Å²) in [6.45, 7) is 1.65. The highest BCUT2D eigenvalue weighted by molar-refractivity contribution is 6.19. The maximum absolute atomic E-state index is 11.8. The average molecular weight is 286 g/mol. The summed E-state index contributed by atoms with van der Waals surface area (Å²) < 4.78 is 0. The summed E-state index contributed by atoms with van der Waals surface area (Å²) in [4.78, 5) is 37.6. The number of nitro benzene ring substituents is 1. The summed E-state index contributed by atoms with van der Waals surface area (Å²) in [5, 5.41) is 14.3. The maximum Gasteiger partial charge on any atom is 0.366 e. The van der Waals surface area contributed by atoms with E-state index in [0.717, 1.165) is 6.07 Å². The zero-order valence-electron chi connectivity index (χ0n) is 11.0. The van der Waals surface area contributed by atoms with E-state index in [0.29, 0.717) is 11.3 Å². The summed E-state index contributed by atoms with van der Waals surface area (Å²) >= 11 is 0.